The molecule has 4 heteroatoms. The van der Waals surface area contributed by atoms with E-state index < -0.39 is 0 Å². The Morgan fingerprint density at radius 1 is 1.06 bits per heavy atom. The Bertz CT molecular complexity index is 734. The number of nitrogens with one attached hydrogen (secondary N) is 1. The smallest absolute Gasteiger partial charge is 0.274 e. The van der Waals surface area contributed by atoms with Crippen LogP contribution in [-0.4, -0.2) is 15.0 Å². The van der Waals surface area contributed by atoms with Crippen molar-refractivity contribution in [2.45, 2.75) is 0 Å². The summed E-state index contributed by atoms with van der Waals surface area (Å²) in [6.45, 7) is 0. The molecule has 0 aliphatic rings. The van der Waals surface area contributed by atoms with Gasteiger partial charge in [0.1, 0.15) is 5.69 Å². The first kappa shape index (κ1) is 9.72. The van der Waals surface area contributed by atoms with E-state index in [-0.39, 0.29) is 5.56 Å². The van der Waals surface area contributed by atoms with Gasteiger partial charge < -0.3 is 4.98 Å². The zero-order valence-corrected chi connectivity index (χ0v) is 8.92. The van der Waals surface area contributed by atoms with E-state index in [9.17, 15) is 4.79 Å². The van der Waals surface area contributed by atoms with E-state index in [2.05, 4.69) is 15.0 Å². The number of benzene rings is 1. The van der Waals surface area contributed by atoms with Gasteiger partial charge in [0.15, 0.2) is 0 Å². The fraction of sp³-hybridized carbons (Fsp3) is 0. The number of pyridine rings is 1. The Labute approximate surface area is 97.0 Å². The largest absolute Gasteiger partial charge is 0.326 e. The summed E-state index contributed by atoms with van der Waals surface area (Å²) in [6, 6.07) is 9.55. The average molecular weight is 223 g/mol. The number of aromatic amines is 1. The third-order valence-electron chi connectivity index (χ3n) is 2.59. The Morgan fingerprint density at radius 2 is 2.00 bits per heavy atom. The molecule has 1 N–H and O–H groups in total. The minimum Gasteiger partial charge on any atom is -0.326 e. The van der Waals surface area contributed by atoms with Gasteiger partial charge in [-0.2, -0.15) is 0 Å². The number of rotatable bonds is 1. The number of fused-ring (bicyclic) bond motifs is 1. The van der Waals surface area contributed by atoms with Gasteiger partial charge in [-0.1, -0.05) is 18.2 Å². The lowest BCUT2D eigenvalue weighted by atomic mass is 10.1. The maximum Gasteiger partial charge on any atom is 0.274 e. The lowest BCUT2D eigenvalue weighted by Crippen LogP contribution is -2.09. The Hall–Kier alpha value is -2.49. The molecule has 17 heavy (non-hydrogen) atoms. The number of hydrogen-bond acceptors (Lipinski definition) is 3. The van der Waals surface area contributed by atoms with Crippen LogP contribution in [0.25, 0.3) is 22.2 Å². The van der Waals surface area contributed by atoms with Gasteiger partial charge in [-0.25, -0.2) is 4.98 Å². The third kappa shape index (κ3) is 1.69. The first-order valence-electron chi connectivity index (χ1n) is 5.23. The highest BCUT2D eigenvalue weighted by molar-refractivity contribution is 5.83. The van der Waals surface area contributed by atoms with Gasteiger partial charge in [0.2, 0.25) is 0 Å². The van der Waals surface area contributed by atoms with Crippen molar-refractivity contribution in [3.05, 3.63) is 59.3 Å². The minimum atomic E-state index is -0.192. The molecule has 0 amide bonds. The molecule has 0 bridgehead atoms. The fourth-order valence-corrected chi connectivity index (χ4v) is 1.77. The van der Waals surface area contributed by atoms with Crippen LogP contribution in [0.4, 0.5) is 0 Å². The van der Waals surface area contributed by atoms with Crippen molar-refractivity contribution < 1.29 is 0 Å². The Kier molecular flexibility index (Phi) is 2.19. The molecule has 4 nitrogen and oxygen atoms in total. The zero-order chi connectivity index (χ0) is 11.7. The van der Waals surface area contributed by atoms with Gasteiger partial charge in [-0.3, -0.25) is 9.78 Å². The highest BCUT2D eigenvalue weighted by Gasteiger charge is 2.04. The first-order valence-corrected chi connectivity index (χ1v) is 5.23. The van der Waals surface area contributed by atoms with Crippen LogP contribution in [0, 0.1) is 0 Å². The molecule has 0 saturated carbocycles. The molecule has 0 saturated heterocycles. The van der Waals surface area contributed by atoms with Crippen molar-refractivity contribution in [3.8, 4) is 11.3 Å². The number of hydrogen-bond donors (Lipinski definition) is 1. The SMILES string of the molecule is O=c1[nH]ccnc1-c1ccc2cccnc2c1. The summed E-state index contributed by atoms with van der Waals surface area (Å²) in [4.78, 5) is 22.6. The monoisotopic (exact) mass is 223 g/mol. The molecule has 0 aliphatic carbocycles. The van der Waals surface area contributed by atoms with E-state index in [4.69, 9.17) is 0 Å². The van der Waals surface area contributed by atoms with E-state index >= 15 is 0 Å². The van der Waals surface area contributed by atoms with Crippen molar-refractivity contribution >= 4 is 10.9 Å². The number of nitrogens with zero attached hydrogens (tertiary/aromatic N) is 2. The molecule has 1 aromatic carbocycles. The van der Waals surface area contributed by atoms with Gasteiger partial charge in [-0.05, 0) is 12.1 Å². The topological polar surface area (TPSA) is 58.6 Å². The van der Waals surface area contributed by atoms with Gasteiger partial charge in [0.05, 0.1) is 5.52 Å². The third-order valence-corrected chi connectivity index (χ3v) is 2.59. The molecule has 0 spiro atoms. The number of aromatic nitrogens is 3. The van der Waals surface area contributed by atoms with Gasteiger partial charge in [0, 0.05) is 29.5 Å². The standard InChI is InChI=1S/C13H9N3O/c17-13-12(15-6-7-16-13)10-4-3-9-2-1-5-14-11(9)8-10/h1-8H,(H,16,17). The van der Waals surface area contributed by atoms with Gasteiger partial charge >= 0.3 is 0 Å². The minimum absolute atomic E-state index is 0.192. The van der Waals surface area contributed by atoms with Crippen molar-refractivity contribution in [3.63, 3.8) is 0 Å². The summed E-state index contributed by atoms with van der Waals surface area (Å²) >= 11 is 0. The summed E-state index contributed by atoms with van der Waals surface area (Å²) < 4.78 is 0. The predicted octanol–water partition coefficient (Wildman–Crippen LogP) is 1.99. The summed E-state index contributed by atoms with van der Waals surface area (Å²) in [5, 5.41) is 1.05. The predicted molar refractivity (Wildman–Crippen MR) is 65.6 cm³/mol. The van der Waals surface area contributed by atoms with Crippen LogP contribution in [0.3, 0.4) is 0 Å². The molecule has 2 aromatic heterocycles. The summed E-state index contributed by atoms with van der Waals surface area (Å²) in [6.07, 6.45) is 4.82. The van der Waals surface area contributed by atoms with E-state index in [1.165, 1.54) is 6.20 Å². The lowest BCUT2D eigenvalue weighted by Gasteiger charge is -2.01. The molecule has 0 unspecified atom stereocenters. The van der Waals surface area contributed by atoms with Crippen molar-refractivity contribution in [2.24, 2.45) is 0 Å². The maximum atomic E-state index is 11.6. The van der Waals surface area contributed by atoms with E-state index in [0.717, 1.165) is 16.5 Å². The van der Waals surface area contributed by atoms with Crippen LogP contribution >= 0.6 is 0 Å². The summed E-state index contributed by atoms with van der Waals surface area (Å²) in [5.41, 5.74) is 1.86. The summed E-state index contributed by atoms with van der Waals surface area (Å²) in [5.74, 6) is 0. The van der Waals surface area contributed by atoms with Gasteiger partial charge in [0.25, 0.3) is 5.56 Å². The molecule has 0 radical (unpaired) electrons. The van der Waals surface area contributed by atoms with Crippen LogP contribution in [0.1, 0.15) is 0 Å². The fourth-order valence-electron chi connectivity index (χ4n) is 1.77. The summed E-state index contributed by atoms with van der Waals surface area (Å²) in [7, 11) is 0. The number of H-pyrrole nitrogens is 1. The zero-order valence-electron chi connectivity index (χ0n) is 8.92. The molecule has 2 heterocycles. The highest BCUT2D eigenvalue weighted by atomic mass is 16.1. The molecule has 0 atom stereocenters. The lowest BCUT2D eigenvalue weighted by molar-refractivity contribution is 1.14. The molecule has 0 fully saturated rings. The molecule has 0 aliphatic heterocycles. The van der Waals surface area contributed by atoms with Crippen molar-refractivity contribution in [1.29, 1.82) is 0 Å². The van der Waals surface area contributed by atoms with E-state index in [1.807, 2.05) is 30.3 Å². The molecule has 82 valence electrons. The second-order valence-corrected chi connectivity index (χ2v) is 3.68. The normalized spacial score (nSPS) is 10.6. The van der Waals surface area contributed by atoms with Crippen LogP contribution in [-0.2, 0) is 0 Å². The second kappa shape index (κ2) is 3.83. The van der Waals surface area contributed by atoms with Crippen LogP contribution in [0.5, 0.6) is 0 Å². The molecular weight excluding hydrogens is 214 g/mol. The quantitative estimate of drug-likeness (QED) is 0.686. The molecule has 3 aromatic rings. The first-order chi connectivity index (χ1) is 8.34. The molecule has 3 rings (SSSR count). The van der Waals surface area contributed by atoms with Crippen LogP contribution in [0.2, 0.25) is 0 Å². The average Bonchev–Trinajstić information content (AvgIpc) is 2.39. The van der Waals surface area contributed by atoms with E-state index in [1.54, 1.807) is 12.4 Å². The second-order valence-electron chi connectivity index (χ2n) is 3.68. The Morgan fingerprint density at radius 3 is 2.88 bits per heavy atom. The van der Waals surface area contributed by atoms with Crippen molar-refractivity contribution in [1.82, 2.24) is 15.0 Å². The van der Waals surface area contributed by atoms with Crippen molar-refractivity contribution in [2.75, 3.05) is 0 Å². The highest BCUT2D eigenvalue weighted by Crippen LogP contribution is 2.18. The van der Waals surface area contributed by atoms with Gasteiger partial charge in [-0.15, -0.1) is 0 Å². The maximum absolute atomic E-state index is 11.6. The molecular formula is C13H9N3O. The Balaban J connectivity index is 2.25. The van der Waals surface area contributed by atoms with Crippen LogP contribution < -0.4 is 5.56 Å². The van der Waals surface area contributed by atoms with Crippen LogP contribution in [0.15, 0.2) is 53.7 Å². The van der Waals surface area contributed by atoms with E-state index in [0.29, 0.717) is 5.69 Å².